The minimum absolute atomic E-state index is 0.00917. The quantitative estimate of drug-likeness (QED) is 0.776. The highest BCUT2D eigenvalue weighted by molar-refractivity contribution is 7.89. The molecule has 2 rings (SSSR count). The van der Waals surface area contributed by atoms with Gasteiger partial charge in [0.1, 0.15) is 0 Å². The summed E-state index contributed by atoms with van der Waals surface area (Å²) < 4.78 is 27.9. The number of amides is 2. The van der Waals surface area contributed by atoms with E-state index in [0.29, 0.717) is 32.5 Å². The van der Waals surface area contributed by atoms with Gasteiger partial charge in [0.2, 0.25) is 10.0 Å². The van der Waals surface area contributed by atoms with Crippen LogP contribution in [0.1, 0.15) is 44.9 Å². The summed E-state index contributed by atoms with van der Waals surface area (Å²) >= 11 is 0. The number of likely N-dealkylation sites (tertiary alicyclic amines) is 1. The summed E-state index contributed by atoms with van der Waals surface area (Å²) in [6.45, 7) is 1.69. The predicted octanol–water partition coefficient (Wildman–Crippen LogP) is 1.05. The first-order valence-electron chi connectivity index (χ1n) is 8.42. The number of ether oxygens (including phenoxy) is 1. The molecule has 0 unspecified atom stereocenters. The second-order valence-corrected chi connectivity index (χ2v) is 8.53. The van der Waals surface area contributed by atoms with Crippen molar-refractivity contribution in [1.82, 2.24) is 10.2 Å². The van der Waals surface area contributed by atoms with E-state index in [1.807, 2.05) is 0 Å². The number of carbonyl (C=O) groups excluding carboxylic acids is 1. The highest BCUT2D eigenvalue weighted by Gasteiger charge is 2.33. The molecule has 1 saturated heterocycles. The first-order chi connectivity index (χ1) is 10.8. The van der Waals surface area contributed by atoms with Gasteiger partial charge in [-0.25, -0.2) is 18.4 Å². The number of rotatable bonds is 5. The first-order valence-corrected chi connectivity index (χ1v) is 10.1. The lowest BCUT2D eigenvalue weighted by atomic mass is 9.84. The van der Waals surface area contributed by atoms with E-state index < -0.39 is 10.0 Å². The highest BCUT2D eigenvalue weighted by Crippen LogP contribution is 2.30. The SMILES string of the molecule is COC1(CNC(=O)N2CCC(CS(N)(=O)=O)CC2)CCCCC1. The monoisotopic (exact) mass is 347 g/mol. The minimum atomic E-state index is -3.43. The molecular weight excluding hydrogens is 318 g/mol. The van der Waals surface area contributed by atoms with E-state index in [0.717, 1.165) is 25.7 Å². The fourth-order valence-corrected chi connectivity index (χ4v) is 4.62. The van der Waals surface area contributed by atoms with E-state index in [1.165, 1.54) is 6.42 Å². The molecule has 1 aliphatic carbocycles. The summed E-state index contributed by atoms with van der Waals surface area (Å²) in [4.78, 5) is 14.1. The normalized spacial score (nSPS) is 22.8. The predicted molar refractivity (Wildman–Crippen MR) is 88.5 cm³/mol. The van der Waals surface area contributed by atoms with Gasteiger partial charge in [-0.2, -0.15) is 0 Å². The van der Waals surface area contributed by atoms with Gasteiger partial charge in [0.15, 0.2) is 0 Å². The molecule has 2 fully saturated rings. The third-order valence-corrected chi connectivity index (χ3v) is 6.07. The van der Waals surface area contributed by atoms with Gasteiger partial charge in [-0.15, -0.1) is 0 Å². The van der Waals surface area contributed by atoms with Crippen molar-refractivity contribution < 1.29 is 17.9 Å². The maximum Gasteiger partial charge on any atom is 0.317 e. The molecule has 2 aliphatic rings. The summed E-state index contributed by atoms with van der Waals surface area (Å²) in [5, 5.41) is 8.08. The van der Waals surface area contributed by atoms with Crippen LogP contribution in [-0.4, -0.2) is 57.4 Å². The van der Waals surface area contributed by atoms with E-state index in [4.69, 9.17) is 9.88 Å². The Hall–Kier alpha value is -0.860. The molecule has 23 heavy (non-hydrogen) atoms. The summed E-state index contributed by atoms with van der Waals surface area (Å²) in [6.07, 6.45) is 6.85. The Morgan fingerprint density at radius 2 is 1.87 bits per heavy atom. The number of nitrogens with two attached hydrogens (primary N) is 1. The zero-order valence-electron chi connectivity index (χ0n) is 13.9. The average molecular weight is 347 g/mol. The van der Waals surface area contributed by atoms with E-state index >= 15 is 0 Å². The maximum absolute atomic E-state index is 12.3. The summed E-state index contributed by atoms with van der Waals surface area (Å²) in [5.74, 6) is 0.0626. The Balaban J connectivity index is 1.76. The van der Waals surface area contributed by atoms with Gasteiger partial charge in [-0.3, -0.25) is 0 Å². The number of sulfonamides is 1. The molecule has 1 saturated carbocycles. The number of nitrogens with one attached hydrogen (secondary N) is 1. The van der Waals surface area contributed by atoms with Gasteiger partial charge >= 0.3 is 6.03 Å². The van der Waals surface area contributed by atoms with Crippen LogP contribution in [0.3, 0.4) is 0 Å². The Labute approximate surface area is 139 Å². The molecule has 7 nitrogen and oxygen atoms in total. The molecule has 0 radical (unpaired) electrons. The van der Waals surface area contributed by atoms with Gasteiger partial charge in [0, 0.05) is 26.7 Å². The molecular formula is C15H29N3O4S. The van der Waals surface area contributed by atoms with E-state index in [9.17, 15) is 13.2 Å². The first kappa shape index (κ1) is 18.5. The fraction of sp³-hybridized carbons (Fsp3) is 0.933. The van der Waals surface area contributed by atoms with Crippen LogP contribution in [0.2, 0.25) is 0 Å². The van der Waals surface area contributed by atoms with Crippen molar-refractivity contribution in [2.75, 3.05) is 32.5 Å². The van der Waals surface area contributed by atoms with Gasteiger partial charge in [0.25, 0.3) is 0 Å². The second kappa shape index (κ2) is 7.81. The van der Waals surface area contributed by atoms with Gasteiger partial charge in [-0.05, 0) is 31.6 Å². The smallest absolute Gasteiger partial charge is 0.317 e. The number of primary sulfonamides is 1. The van der Waals surface area contributed by atoms with Gasteiger partial charge in [0.05, 0.1) is 11.4 Å². The molecule has 1 heterocycles. The topological polar surface area (TPSA) is 102 Å². The zero-order valence-corrected chi connectivity index (χ0v) is 14.7. The molecule has 0 aromatic rings. The average Bonchev–Trinajstić information content (AvgIpc) is 2.53. The number of hydrogen-bond acceptors (Lipinski definition) is 4. The lowest BCUT2D eigenvalue weighted by Gasteiger charge is -2.37. The zero-order chi connectivity index (χ0) is 16.9. The molecule has 0 bridgehead atoms. The number of urea groups is 1. The largest absolute Gasteiger partial charge is 0.376 e. The lowest BCUT2D eigenvalue weighted by Crippen LogP contribution is -2.51. The molecule has 0 spiro atoms. The molecule has 3 N–H and O–H groups in total. The van der Waals surface area contributed by atoms with Crippen LogP contribution in [0.25, 0.3) is 0 Å². The summed E-state index contributed by atoms with van der Waals surface area (Å²) in [6, 6.07) is -0.0824. The Morgan fingerprint density at radius 1 is 1.26 bits per heavy atom. The number of hydrogen-bond donors (Lipinski definition) is 2. The molecule has 0 aromatic heterocycles. The van der Waals surface area contributed by atoms with Crippen molar-refractivity contribution in [3.63, 3.8) is 0 Å². The fourth-order valence-electron chi connectivity index (χ4n) is 3.63. The highest BCUT2D eigenvalue weighted by atomic mass is 32.2. The van der Waals surface area contributed by atoms with Crippen molar-refractivity contribution in [3.8, 4) is 0 Å². The minimum Gasteiger partial charge on any atom is -0.376 e. The third-order valence-electron chi connectivity index (χ3n) is 5.13. The van der Waals surface area contributed by atoms with Crippen molar-refractivity contribution in [2.45, 2.75) is 50.5 Å². The molecule has 134 valence electrons. The van der Waals surface area contributed by atoms with Gasteiger partial charge < -0.3 is 15.0 Å². The van der Waals surface area contributed by atoms with E-state index in [2.05, 4.69) is 5.32 Å². The van der Waals surface area contributed by atoms with Crippen molar-refractivity contribution >= 4 is 16.1 Å². The summed E-state index contributed by atoms with van der Waals surface area (Å²) in [7, 11) is -1.71. The Kier molecular flexibility index (Phi) is 6.27. The lowest BCUT2D eigenvalue weighted by molar-refractivity contribution is -0.0363. The third kappa shape index (κ3) is 5.61. The Bertz CT molecular complexity index is 495. The van der Waals surface area contributed by atoms with Crippen molar-refractivity contribution in [1.29, 1.82) is 0 Å². The van der Waals surface area contributed by atoms with Crippen LogP contribution >= 0.6 is 0 Å². The number of nitrogens with zero attached hydrogens (tertiary/aromatic N) is 1. The van der Waals surface area contributed by atoms with Crippen LogP contribution in [0.15, 0.2) is 0 Å². The molecule has 2 amide bonds. The molecule has 0 aromatic carbocycles. The maximum atomic E-state index is 12.3. The second-order valence-electron chi connectivity index (χ2n) is 6.87. The molecule has 8 heteroatoms. The van der Waals surface area contributed by atoms with Crippen molar-refractivity contribution in [2.24, 2.45) is 11.1 Å². The van der Waals surface area contributed by atoms with Gasteiger partial charge in [-0.1, -0.05) is 19.3 Å². The van der Waals surface area contributed by atoms with Crippen LogP contribution in [0.4, 0.5) is 4.79 Å². The number of carbonyl (C=O) groups is 1. The standard InChI is InChI=1S/C15H29N3O4S/c1-22-15(7-3-2-4-8-15)12-17-14(19)18-9-5-13(6-10-18)11-23(16,20)21/h13H,2-12H2,1H3,(H,17,19)(H2,16,20,21). The van der Waals surface area contributed by atoms with Crippen LogP contribution in [0.5, 0.6) is 0 Å². The molecule has 1 aliphatic heterocycles. The van der Waals surface area contributed by atoms with E-state index in [-0.39, 0.29) is 23.3 Å². The Morgan fingerprint density at radius 3 is 2.39 bits per heavy atom. The van der Waals surface area contributed by atoms with Crippen LogP contribution in [0, 0.1) is 5.92 Å². The number of piperidine rings is 1. The van der Waals surface area contributed by atoms with E-state index in [1.54, 1.807) is 12.0 Å². The molecule has 0 atom stereocenters. The summed E-state index contributed by atoms with van der Waals surface area (Å²) in [5.41, 5.74) is -0.222. The van der Waals surface area contributed by atoms with Crippen LogP contribution in [-0.2, 0) is 14.8 Å². The van der Waals surface area contributed by atoms with Crippen LogP contribution < -0.4 is 10.5 Å². The number of methoxy groups -OCH3 is 1. The van der Waals surface area contributed by atoms with Crippen molar-refractivity contribution in [3.05, 3.63) is 0 Å².